The lowest BCUT2D eigenvalue weighted by Gasteiger charge is -2.30. The van der Waals surface area contributed by atoms with E-state index in [9.17, 15) is 0 Å². The minimum absolute atomic E-state index is 0.00519. The lowest BCUT2D eigenvalue weighted by molar-refractivity contribution is 0.445. The van der Waals surface area contributed by atoms with E-state index in [1.807, 2.05) is 0 Å². The summed E-state index contributed by atoms with van der Waals surface area (Å²) < 4.78 is 0. The Labute approximate surface area is 190 Å². The molecule has 2 N–H and O–H groups in total. The van der Waals surface area contributed by atoms with E-state index in [1.54, 1.807) is 0 Å². The summed E-state index contributed by atoms with van der Waals surface area (Å²) in [5.41, 5.74) is 4.79. The smallest absolute Gasteiger partial charge is 0.105 e. The summed E-state index contributed by atoms with van der Waals surface area (Å²) in [5.74, 6) is 0.00519. The quantitative estimate of drug-likeness (QED) is 0.602. The Balaban J connectivity index is 2.93. The third-order valence-electron chi connectivity index (χ3n) is 4.36. The molecular formula is C27H44N4. The molecule has 1 aliphatic rings. The van der Waals surface area contributed by atoms with Crippen LogP contribution in [-0.2, 0) is 0 Å². The molecule has 0 bridgehead atoms. The van der Waals surface area contributed by atoms with Crippen LogP contribution in [0.4, 0.5) is 0 Å². The van der Waals surface area contributed by atoms with Crippen molar-refractivity contribution >= 4 is 11.4 Å². The normalized spacial score (nSPS) is 21.2. The average Bonchev–Trinajstić information content (AvgIpc) is 2.75. The molecule has 1 aromatic carbocycles. The van der Waals surface area contributed by atoms with Crippen LogP contribution in [0.2, 0.25) is 0 Å². The van der Waals surface area contributed by atoms with E-state index < -0.39 is 0 Å². The Morgan fingerprint density at radius 2 is 1.13 bits per heavy atom. The van der Waals surface area contributed by atoms with Gasteiger partial charge in [-0.05, 0) is 88.6 Å². The summed E-state index contributed by atoms with van der Waals surface area (Å²) >= 11 is 0. The molecular weight excluding hydrogens is 380 g/mol. The van der Waals surface area contributed by atoms with E-state index in [2.05, 4.69) is 124 Å². The fourth-order valence-corrected chi connectivity index (χ4v) is 3.61. The van der Waals surface area contributed by atoms with Crippen LogP contribution in [0, 0.1) is 0 Å². The highest BCUT2D eigenvalue weighted by Crippen LogP contribution is 2.38. The van der Waals surface area contributed by atoms with Gasteiger partial charge in [0.1, 0.15) is 5.71 Å². The van der Waals surface area contributed by atoms with Crippen molar-refractivity contribution in [3.05, 3.63) is 47.3 Å². The standard InChI is InChI=1S/C27H44N4/c1-24(2,3)28-20-19(18-16-14-13-15-17-18)21(29-25(4,5)6)23(31-27(10,11)12)22(20)30-26(7,8)9/h13-17,19,28,30H,1-12H3. The minimum Gasteiger partial charge on any atom is -0.381 e. The van der Waals surface area contributed by atoms with Gasteiger partial charge in [0, 0.05) is 11.1 Å². The Bertz CT molecular complexity index is 861. The zero-order valence-corrected chi connectivity index (χ0v) is 21.9. The highest BCUT2D eigenvalue weighted by molar-refractivity contribution is 6.53. The molecule has 0 aromatic heterocycles. The van der Waals surface area contributed by atoms with E-state index in [0.717, 1.165) is 22.8 Å². The molecule has 1 aliphatic carbocycles. The minimum atomic E-state index is -0.225. The first kappa shape index (κ1) is 25.2. The number of rotatable bonds is 3. The zero-order chi connectivity index (χ0) is 23.8. The number of nitrogens with one attached hydrogen (secondary N) is 2. The molecule has 0 spiro atoms. The van der Waals surface area contributed by atoms with Gasteiger partial charge in [0.05, 0.1) is 34.1 Å². The van der Waals surface area contributed by atoms with Crippen molar-refractivity contribution in [2.75, 3.05) is 0 Å². The molecule has 0 amide bonds. The molecule has 0 aliphatic heterocycles. The Morgan fingerprint density at radius 1 is 0.645 bits per heavy atom. The van der Waals surface area contributed by atoms with Crippen LogP contribution in [0.5, 0.6) is 0 Å². The first-order chi connectivity index (χ1) is 13.9. The molecule has 1 atom stereocenters. The lowest BCUT2D eigenvalue weighted by atomic mass is 9.92. The number of aliphatic imine (C=N–C) groups is 2. The van der Waals surface area contributed by atoms with Gasteiger partial charge in [0.2, 0.25) is 0 Å². The van der Waals surface area contributed by atoms with Gasteiger partial charge in [-0.1, -0.05) is 30.3 Å². The van der Waals surface area contributed by atoms with Crippen LogP contribution in [0.3, 0.4) is 0 Å². The summed E-state index contributed by atoms with van der Waals surface area (Å²) in [6.45, 7) is 26.1. The third kappa shape index (κ3) is 7.52. The number of nitrogens with zero attached hydrogens (tertiary/aromatic N) is 2. The predicted molar refractivity (Wildman–Crippen MR) is 136 cm³/mol. The maximum Gasteiger partial charge on any atom is 0.105 e. The van der Waals surface area contributed by atoms with Gasteiger partial charge < -0.3 is 10.6 Å². The Morgan fingerprint density at radius 3 is 1.55 bits per heavy atom. The van der Waals surface area contributed by atoms with Gasteiger partial charge in [-0.25, -0.2) is 0 Å². The molecule has 0 saturated carbocycles. The van der Waals surface area contributed by atoms with Gasteiger partial charge in [-0.15, -0.1) is 0 Å². The summed E-state index contributed by atoms with van der Waals surface area (Å²) in [7, 11) is 0. The second-order valence-electron chi connectivity index (χ2n) is 12.7. The number of benzene rings is 1. The van der Waals surface area contributed by atoms with Crippen LogP contribution in [0.25, 0.3) is 0 Å². The van der Waals surface area contributed by atoms with Crippen molar-refractivity contribution < 1.29 is 0 Å². The van der Waals surface area contributed by atoms with E-state index >= 15 is 0 Å². The molecule has 0 fully saturated rings. The molecule has 1 unspecified atom stereocenters. The molecule has 1 aromatic rings. The van der Waals surface area contributed by atoms with Crippen molar-refractivity contribution in [3.8, 4) is 0 Å². The highest BCUT2D eigenvalue weighted by Gasteiger charge is 2.42. The molecule has 4 heteroatoms. The fraction of sp³-hybridized carbons (Fsp3) is 0.630. The van der Waals surface area contributed by atoms with Gasteiger partial charge in [-0.3, -0.25) is 9.98 Å². The molecule has 0 saturated heterocycles. The largest absolute Gasteiger partial charge is 0.381 e. The molecule has 4 nitrogen and oxygen atoms in total. The fourth-order valence-electron chi connectivity index (χ4n) is 3.61. The number of hydrogen-bond donors (Lipinski definition) is 2. The lowest BCUT2D eigenvalue weighted by Crippen LogP contribution is -2.42. The molecule has 2 rings (SSSR count). The van der Waals surface area contributed by atoms with Crippen molar-refractivity contribution in [1.82, 2.24) is 10.6 Å². The summed E-state index contributed by atoms with van der Waals surface area (Å²) in [6, 6.07) is 10.7. The summed E-state index contributed by atoms with van der Waals surface area (Å²) in [5, 5.41) is 7.61. The summed E-state index contributed by atoms with van der Waals surface area (Å²) in [6.07, 6.45) is 0. The van der Waals surface area contributed by atoms with Gasteiger partial charge in [0.15, 0.2) is 0 Å². The first-order valence-corrected chi connectivity index (χ1v) is 11.4. The van der Waals surface area contributed by atoms with Crippen LogP contribution in [-0.4, -0.2) is 33.6 Å². The second-order valence-corrected chi connectivity index (χ2v) is 12.7. The number of allylic oxidation sites excluding steroid dienone is 2. The molecule has 31 heavy (non-hydrogen) atoms. The van der Waals surface area contributed by atoms with E-state index in [0.29, 0.717) is 0 Å². The van der Waals surface area contributed by atoms with E-state index in [-0.39, 0.29) is 28.1 Å². The first-order valence-electron chi connectivity index (χ1n) is 11.4. The van der Waals surface area contributed by atoms with Crippen LogP contribution < -0.4 is 10.6 Å². The SMILES string of the molecule is CC(C)(C)N=C1C(=NC(C)(C)C)C(c2ccccc2)C(NC(C)(C)C)=C1NC(C)(C)C. The zero-order valence-electron chi connectivity index (χ0n) is 21.9. The van der Waals surface area contributed by atoms with Crippen LogP contribution >= 0.6 is 0 Å². The van der Waals surface area contributed by atoms with Crippen molar-refractivity contribution in [1.29, 1.82) is 0 Å². The highest BCUT2D eigenvalue weighted by atomic mass is 15.1. The molecule has 172 valence electrons. The maximum atomic E-state index is 5.26. The van der Waals surface area contributed by atoms with Gasteiger partial charge in [-0.2, -0.15) is 0 Å². The summed E-state index contributed by atoms with van der Waals surface area (Å²) in [4.78, 5) is 10.5. The molecule has 0 heterocycles. The topological polar surface area (TPSA) is 48.8 Å². The van der Waals surface area contributed by atoms with Crippen molar-refractivity contribution in [2.45, 2.75) is 111 Å². The van der Waals surface area contributed by atoms with E-state index in [1.165, 1.54) is 5.56 Å². The van der Waals surface area contributed by atoms with Crippen molar-refractivity contribution in [3.63, 3.8) is 0 Å². The monoisotopic (exact) mass is 424 g/mol. The van der Waals surface area contributed by atoms with Gasteiger partial charge >= 0.3 is 0 Å². The maximum absolute atomic E-state index is 5.26. The third-order valence-corrected chi connectivity index (χ3v) is 4.36. The Hall–Kier alpha value is -2.10. The van der Waals surface area contributed by atoms with Crippen molar-refractivity contribution in [2.24, 2.45) is 9.98 Å². The Kier molecular flexibility index (Phi) is 6.85. The van der Waals surface area contributed by atoms with E-state index in [4.69, 9.17) is 9.98 Å². The predicted octanol–water partition coefficient (Wildman–Crippen LogP) is 6.25. The second kappa shape index (κ2) is 8.44. The number of hydrogen-bond acceptors (Lipinski definition) is 4. The molecule has 0 radical (unpaired) electrons. The van der Waals surface area contributed by atoms with Crippen LogP contribution in [0.15, 0.2) is 51.7 Å². The van der Waals surface area contributed by atoms with Gasteiger partial charge in [0.25, 0.3) is 0 Å². The van der Waals surface area contributed by atoms with Crippen LogP contribution in [0.1, 0.15) is 94.6 Å². The average molecular weight is 425 g/mol.